The lowest BCUT2D eigenvalue weighted by molar-refractivity contribution is -0.137. The molecule has 2 aromatic carbocycles. The fraction of sp³-hybridized carbons (Fsp3) is 0.267. The number of H-pyrrole nitrogens is 1. The molecular weight excluding hydrogens is 548 g/mol. The van der Waals surface area contributed by atoms with Crippen molar-refractivity contribution in [2.75, 3.05) is 20.3 Å². The van der Waals surface area contributed by atoms with Gasteiger partial charge < -0.3 is 30.8 Å². The molecule has 1 unspecified atom stereocenters. The predicted octanol–water partition coefficient (Wildman–Crippen LogP) is 3.94. The SMILES string of the molecule is CCOC(=O)/C=C/C(CCC(N)=O)NC(=O)CNC(=O)c1ccc(-c2cc(Cl)ccc2OC)[nH]1.Cc1ccccc1. The Morgan fingerprint density at radius 3 is 2.41 bits per heavy atom. The summed E-state index contributed by atoms with van der Waals surface area (Å²) in [6, 6.07) is 18.0. The highest BCUT2D eigenvalue weighted by Gasteiger charge is 2.16. The first-order valence-corrected chi connectivity index (χ1v) is 13.3. The summed E-state index contributed by atoms with van der Waals surface area (Å²) in [7, 11) is 1.53. The smallest absolute Gasteiger partial charge is 0.330 e. The number of aromatic nitrogens is 1. The summed E-state index contributed by atoms with van der Waals surface area (Å²) >= 11 is 6.06. The Labute approximate surface area is 244 Å². The maximum Gasteiger partial charge on any atom is 0.330 e. The number of methoxy groups -OCH3 is 1. The third kappa shape index (κ3) is 12.0. The van der Waals surface area contributed by atoms with Gasteiger partial charge in [0.1, 0.15) is 11.4 Å². The van der Waals surface area contributed by atoms with Gasteiger partial charge in [0, 0.05) is 34.8 Å². The van der Waals surface area contributed by atoms with Crippen LogP contribution in [0, 0.1) is 6.92 Å². The molecule has 10 nitrogen and oxygen atoms in total. The molecule has 0 aliphatic carbocycles. The maximum absolute atomic E-state index is 12.5. The highest BCUT2D eigenvalue weighted by atomic mass is 35.5. The minimum Gasteiger partial charge on any atom is -0.496 e. The number of hydrogen-bond donors (Lipinski definition) is 4. The van der Waals surface area contributed by atoms with Crippen LogP contribution in [0.15, 0.2) is 72.8 Å². The van der Waals surface area contributed by atoms with Crippen LogP contribution in [-0.2, 0) is 19.1 Å². The molecule has 218 valence electrons. The van der Waals surface area contributed by atoms with E-state index in [2.05, 4.69) is 34.7 Å². The van der Waals surface area contributed by atoms with Gasteiger partial charge in [0.15, 0.2) is 0 Å². The van der Waals surface area contributed by atoms with Crippen LogP contribution in [0.3, 0.4) is 0 Å². The average molecular weight is 583 g/mol. The molecular formula is C30H35ClN4O6. The highest BCUT2D eigenvalue weighted by Crippen LogP contribution is 2.31. The number of aromatic amines is 1. The third-order valence-electron chi connectivity index (χ3n) is 5.53. The average Bonchev–Trinajstić information content (AvgIpc) is 3.44. The number of rotatable bonds is 12. The second-order valence-electron chi connectivity index (χ2n) is 8.76. The Bertz CT molecular complexity index is 1340. The highest BCUT2D eigenvalue weighted by molar-refractivity contribution is 6.31. The number of ether oxygens (including phenoxy) is 2. The van der Waals surface area contributed by atoms with E-state index in [1.54, 1.807) is 37.3 Å². The number of nitrogens with two attached hydrogens (primary N) is 1. The topological polar surface area (TPSA) is 153 Å². The molecule has 3 aromatic rings. The van der Waals surface area contributed by atoms with Gasteiger partial charge in [0.25, 0.3) is 5.91 Å². The van der Waals surface area contributed by atoms with Crippen LogP contribution in [0.2, 0.25) is 5.02 Å². The van der Waals surface area contributed by atoms with Crippen molar-refractivity contribution in [2.24, 2.45) is 5.73 Å². The van der Waals surface area contributed by atoms with Crippen LogP contribution >= 0.6 is 11.6 Å². The van der Waals surface area contributed by atoms with Gasteiger partial charge in [-0.2, -0.15) is 0 Å². The molecule has 1 atom stereocenters. The molecule has 3 amide bonds. The van der Waals surface area contributed by atoms with Gasteiger partial charge >= 0.3 is 5.97 Å². The minimum atomic E-state index is -0.645. The van der Waals surface area contributed by atoms with E-state index >= 15 is 0 Å². The second kappa shape index (κ2) is 17.2. The van der Waals surface area contributed by atoms with E-state index < -0.39 is 29.7 Å². The van der Waals surface area contributed by atoms with Crippen molar-refractivity contribution >= 4 is 35.3 Å². The summed E-state index contributed by atoms with van der Waals surface area (Å²) in [5.74, 6) is -1.56. The van der Waals surface area contributed by atoms with Crippen LogP contribution in [0.25, 0.3) is 11.3 Å². The molecule has 0 fully saturated rings. The van der Waals surface area contributed by atoms with Gasteiger partial charge in [0.05, 0.1) is 20.3 Å². The molecule has 0 bridgehead atoms. The van der Waals surface area contributed by atoms with Crippen molar-refractivity contribution in [3.8, 4) is 17.0 Å². The fourth-order valence-electron chi connectivity index (χ4n) is 3.52. The second-order valence-corrected chi connectivity index (χ2v) is 9.19. The number of carbonyl (C=O) groups excluding carboxylic acids is 4. The van der Waals surface area contributed by atoms with Gasteiger partial charge in [-0.25, -0.2) is 4.79 Å². The van der Waals surface area contributed by atoms with Gasteiger partial charge in [-0.1, -0.05) is 53.6 Å². The van der Waals surface area contributed by atoms with Crippen molar-refractivity contribution in [3.63, 3.8) is 0 Å². The van der Waals surface area contributed by atoms with E-state index in [9.17, 15) is 19.2 Å². The molecule has 1 heterocycles. The van der Waals surface area contributed by atoms with E-state index in [1.165, 1.54) is 24.8 Å². The number of primary amides is 1. The first-order valence-electron chi connectivity index (χ1n) is 12.9. The predicted molar refractivity (Wildman–Crippen MR) is 157 cm³/mol. The molecule has 11 heteroatoms. The first-order chi connectivity index (χ1) is 19.6. The lowest BCUT2D eigenvalue weighted by atomic mass is 10.1. The largest absolute Gasteiger partial charge is 0.496 e. The standard InChI is InChI=1S/C23H27ClN4O6.C7H8/c1-3-34-22(31)11-6-15(5-10-20(25)29)27-21(30)13-26-23(32)18-8-7-17(28-18)16-12-14(24)4-9-19(16)33-2;1-7-5-3-2-4-6-7/h4,6-9,11-12,15,28H,3,5,10,13H2,1-2H3,(H2,25,29)(H,26,32)(H,27,30);2-6H,1H3/b11-6+;. The number of carbonyl (C=O) groups is 4. The zero-order valence-corrected chi connectivity index (χ0v) is 24.0. The van der Waals surface area contributed by atoms with Crippen LogP contribution in [0.1, 0.15) is 35.8 Å². The van der Waals surface area contributed by atoms with Crippen LogP contribution < -0.4 is 21.1 Å². The number of halogens is 1. The van der Waals surface area contributed by atoms with Crippen molar-refractivity contribution in [1.29, 1.82) is 0 Å². The normalized spacial score (nSPS) is 11.1. The molecule has 0 radical (unpaired) electrons. The molecule has 0 spiro atoms. The van der Waals surface area contributed by atoms with E-state index in [0.717, 1.165) is 0 Å². The molecule has 0 saturated heterocycles. The molecule has 5 N–H and O–H groups in total. The Balaban J connectivity index is 0.000000729. The third-order valence-corrected chi connectivity index (χ3v) is 5.77. The van der Waals surface area contributed by atoms with E-state index in [1.807, 2.05) is 18.2 Å². The van der Waals surface area contributed by atoms with Crippen LogP contribution in [-0.4, -0.2) is 55.0 Å². The lowest BCUT2D eigenvalue weighted by Crippen LogP contribution is -2.41. The summed E-state index contributed by atoms with van der Waals surface area (Å²) in [4.78, 5) is 50.4. The number of benzene rings is 2. The number of aryl methyl sites for hydroxylation is 1. The zero-order chi connectivity index (χ0) is 30.2. The molecule has 0 saturated carbocycles. The van der Waals surface area contributed by atoms with Gasteiger partial charge in [-0.3, -0.25) is 14.4 Å². The summed E-state index contributed by atoms with van der Waals surface area (Å²) in [5.41, 5.74) is 8.01. The first kappa shape index (κ1) is 32.6. The Kier molecular flexibility index (Phi) is 13.7. The maximum atomic E-state index is 12.5. The van der Waals surface area contributed by atoms with Crippen molar-refractivity contribution in [1.82, 2.24) is 15.6 Å². The minimum absolute atomic E-state index is 0.00267. The summed E-state index contributed by atoms with van der Waals surface area (Å²) in [5, 5.41) is 5.65. The summed E-state index contributed by atoms with van der Waals surface area (Å²) in [6.45, 7) is 3.63. The van der Waals surface area contributed by atoms with Crippen LogP contribution in [0.4, 0.5) is 0 Å². The number of esters is 1. The zero-order valence-electron chi connectivity index (χ0n) is 23.2. The van der Waals surface area contributed by atoms with E-state index in [4.69, 9.17) is 26.8 Å². The number of amides is 3. The van der Waals surface area contributed by atoms with Gasteiger partial charge in [0.2, 0.25) is 11.8 Å². The van der Waals surface area contributed by atoms with Gasteiger partial charge in [-0.15, -0.1) is 0 Å². The number of hydrogen-bond acceptors (Lipinski definition) is 6. The van der Waals surface area contributed by atoms with Crippen molar-refractivity contribution in [2.45, 2.75) is 32.7 Å². The van der Waals surface area contributed by atoms with Crippen molar-refractivity contribution in [3.05, 3.63) is 89.1 Å². The van der Waals surface area contributed by atoms with Gasteiger partial charge in [-0.05, 0) is 50.6 Å². The van der Waals surface area contributed by atoms with Crippen LogP contribution in [0.5, 0.6) is 5.75 Å². The molecule has 3 rings (SSSR count). The Morgan fingerprint density at radius 2 is 1.80 bits per heavy atom. The number of nitrogens with one attached hydrogen (secondary N) is 3. The lowest BCUT2D eigenvalue weighted by Gasteiger charge is -2.14. The monoisotopic (exact) mass is 582 g/mol. The summed E-state index contributed by atoms with van der Waals surface area (Å²) < 4.78 is 10.1. The summed E-state index contributed by atoms with van der Waals surface area (Å²) in [6.07, 6.45) is 2.77. The Morgan fingerprint density at radius 1 is 1.07 bits per heavy atom. The van der Waals surface area contributed by atoms with Crippen molar-refractivity contribution < 1.29 is 28.7 Å². The fourth-order valence-corrected chi connectivity index (χ4v) is 3.69. The van der Waals surface area contributed by atoms with E-state index in [-0.39, 0.29) is 31.7 Å². The van der Waals surface area contributed by atoms with E-state index in [0.29, 0.717) is 22.0 Å². The quantitative estimate of drug-likeness (QED) is 0.187. The molecule has 0 aliphatic heterocycles. The molecule has 0 aliphatic rings. The molecule has 41 heavy (non-hydrogen) atoms. The Hall–Kier alpha value is -4.57. The molecule has 1 aromatic heterocycles.